The van der Waals surface area contributed by atoms with Crippen molar-refractivity contribution >= 4 is 22.9 Å². The van der Waals surface area contributed by atoms with Crippen LogP contribution in [-0.2, 0) is 13.0 Å². The van der Waals surface area contributed by atoms with Crippen molar-refractivity contribution in [3.63, 3.8) is 0 Å². The van der Waals surface area contributed by atoms with E-state index in [2.05, 4.69) is 46.7 Å². The molecular weight excluding hydrogens is 312 g/mol. The molecule has 1 N–H and O–H groups in total. The Morgan fingerprint density at radius 1 is 1.00 bits per heavy atom. The van der Waals surface area contributed by atoms with E-state index in [1.54, 1.807) is 11.3 Å². The van der Waals surface area contributed by atoms with Gasteiger partial charge in [-0.3, -0.25) is 0 Å². The van der Waals surface area contributed by atoms with Crippen LogP contribution in [0.2, 0.25) is 5.02 Å². The van der Waals surface area contributed by atoms with Crippen LogP contribution in [0.1, 0.15) is 10.6 Å². The lowest BCUT2D eigenvalue weighted by molar-refractivity contribution is 0.684. The lowest BCUT2D eigenvalue weighted by Gasteiger charge is -2.03. The number of halogens is 1. The van der Waals surface area contributed by atoms with E-state index in [-0.39, 0.29) is 0 Å². The second-order valence-electron chi connectivity index (χ2n) is 5.04. The van der Waals surface area contributed by atoms with E-state index < -0.39 is 0 Å². The molecule has 22 heavy (non-hydrogen) atoms. The van der Waals surface area contributed by atoms with Gasteiger partial charge in [-0.25, -0.2) is 4.98 Å². The first kappa shape index (κ1) is 15.2. The highest BCUT2D eigenvalue weighted by molar-refractivity contribution is 7.15. The Hall–Kier alpha value is -1.68. The molecule has 0 aliphatic heterocycles. The predicted molar refractivity (Wildman–Crippen MR) is 94.4 cm³/mol. The number of nitrogens with one attached hydrogen (secondary N) is 1. The van der Waals surface area contributed by atoms with Gasteiger partial charge in [-0.15, -0.1) is 11.3 Å². The van der Waals surface area contributed by atoms with E-state index in [0.29, 0.717) is 0 Å². The standard InChI is InChI=1S/C18H17ClN2S/c19-16-8-6-14(7-9-16)10-11-20-13-18-21-12-17(22-18)15-4-2-1-3-5-15/h1-9,12,20H,10-11,13H2. The maximum atomic E-state index is 5.88. The van der Waals surface area contributed by atoms with Crippen LogP contribution in [0, 0.1) is 0 Å². The van der Waals surface area contributed by atoms with E-state index in [1.807, 2.05) is 24.4 Å². The molecule has 0 saturated heterocycles. The summed E-state index contributed by atoms with van der Waals surface area (Å²) < 4.78 is 0. The Kier molecular flexibility index (Phi) is 5.22. The molecule has 0 fully saturated rings. The van der Waals surface area contributed by atoms with Crippen LogP contribution in [0.3, 0.4) is 0 Å². The van der Waals surface area contributed by atoms with Gasteiger partial charge >= 0.3 is 0 Å². The van der Waals surface area contributed by atoms with Crippen molar-refractivity contribution in [2.24, 2.45) is 0 Å². The summed E-state index contributed by atoms with van der Waals surface area (Å²) in [6.07, 6.45) is 2.95. The fourth-order valence-corrected chi connectivity index (χ4v) is 3.23. The van der Waals surface area contributed by atoms with Gasteiger partial charge in [0.25, 0.3) is 0 Å². The molecule has 2 nitrogen and oxygen atoms in total. The SMILES string of the molecule is Clc1ccc(CCNCc2ncc(-c3ccccc3)s2)cc1. The van der Waals surface area contributed by atoms with Crippen LogP contribution in [0.15, 0.2) is 60.8 Å². The fourth-order valence-electron chi connectivity index (χ4n) is 2.21. The summed E-state index contributed by atoms with van der Waals surface area (Å²) in [7, 11) is 0. The lowest BCUT2D eigenvalue weighted by atomic mass is 10.1. The van der Waals surface area contributed by atoms with Gasteiger partial charge in [-0.2, -0.15) is 0 Å². The first-order chi connectivity index (χ1) is 10.8. The van der Waals surface area contributed by atoms with Gasteiger partial charge in [-0.1, -0.05) is 54.1 Å². The first-order valence-corrected chi connectivity index (χ1v) is 8.46. The Morgan fingerprint density at radius 3 is 2.55 bits per heavy atom. The quantitative estimate of drug-likeness (QED) is 0.658. The van der Waals surface area contributed by atoms with E-state index >= 15 is 0 Å². The summed E-state index contributed by atoms with van der Waals surface area (Å²) >= 11 is 7.63. The van der Waals surface area contributed by atoms with E-state index in [9.17, 15) is 0 Å². The van der Waals surface area contributed by atoms with Gasteiger partial charge in [0.2, 0.25) is 0 Å². The molecule has 4 heteroatoms. The van der Waals surface area contributed by atoms with Crippen molar-refractivity contribution in [1.82, 2.24) is 10.3 Å². The zero-order valence-corrected chi connectivity index (χ0v) is 13.7. The topological polar surface area (TPSA) is 24.9 Å². The smallest absolute Gasteiger partial charge is 0.107 e. The third-order valence-corrected chi connectivity index (χ3v) is 4.69. The number of rotatable bonds is 6. The normalized spacial score (nSPS) is 10.8. The molecule has 3 rings (SSSR count). The summed E-state index contributed by atoms with van der Waals surface area (Å²) in [5.74, 6) is 0. The van der Waals surface area contributed by atoms with Crippen LogP contribution in [-0.4, -0.2) is 11.5 Å². The molecule has 1 heterocycles. The minimum atomic E-state index is 0.785. The Bertz CT molecular complexity index is 707. The monoisotopic (exact) mass is 328 g/mol. The molecule has 0 spiro atoms. The predicted octanol–water partition coefficient (Wildman–Crippen LogP) is 4.80. The molecule has 1 aromatic heterocycles. The number of nitrogens with zero attached hydrogens (tertiary/aromatic N) is 1. The molecule has 112 valence electrons. The van der Waals surface area contributed by atoms with Gasteiger partial charge in [0, 0.05) is 17.8 Å². The average Bonchev–Trinajstić information content (AvgIpc) is 3.03. The highest BCUT2D eigenvalue weighted by Crippen LogP contribution is 2.25. The highest BCUT2D eigenvalue weighted by atomic mass is 35.5. The Labute approximate surface area is 139 Å². The minimum Gasteiger partial charge on any atom is -0.310 e. The number of aromatic nitrogens is 1. The van der Waals surface area contributed by atoms with Crippen LogP contribution < -0.4 is 5.32 Å². The summed E-state index contributed by atoms with van der Waals surface area (Å²) in [5, 5.41) is 5.35. The van der Waals surface area contributed by atoms with Gasteiger partial charge in [0.1, 0.15) is 5.01 Å². The largest absolute Gasteiger partial charge is 0.310 e. The second kappa shape index (κ2) is 7.54. The molecule has 0 unspecified atom stereocenters. The molecule has 0 bridgehead atoms. The van der Waals surface area contributed by atoms with Crippen molar-refractivity contribution in [2.45, 2.75) is 13.0 Å². The van der Waals surface area contributed by atoms with E-state index in [4.69, 9.17) is 11.6 Å². The van der Waals surface area contributed by atoms with Crippen LogP contribution in [0.5, 0.6) is 0 Å². The molecular formula is C18H17ClN2S. The van der Waals surface area contributed by atoms with Crippen LogP contribution in [0.4, 0.5) is 0 Å². The van der Waals surface area contributed by atoms with Crippen molar-refractivity contribution in [2.75, 3.05) is 6.54 Å². The van der Waals surface area contributed by atoms with E-state index in [1.165, 1.54) is 16.0 Å². The maximum Gasteiger partial charge on any atom is 0.107 e. The molecule has 3 aromatic rings. The highest BCUT2D eigenvalue weighted by Gasteiger charge is 2.03. The second-order valence-corrected chi connectivity index (χ2v) is 6.59. The summed E-state index contributed by atoms with van der Waals surface area (Å²) in [6.45, 7) is 1.74. The van der Waals surface area contributed by atoms with Crippen molar-refractivity contribution in [1.29, 1.82) is 0 Å². The van der Waals surface area contributed by atoms with Gasteiger partial charge in [-0.05, 0) is 36.2 Å². The summed E-state index contributed by atoms with van der Waals surface area (Å²) in [4.78, 5) is 5.70. The summed E-state index contributed by atoms with van der Waals surface area (Å²) in [5.41, 5.74) is 2.52. The van der Waals surface area contributed by atoms with Crippen molar-refractivity contribution < 1.29 is 0 Å². The minimum absolute atomic E-state index is 0.785. The molecule has 0 aliphatic rings. The van der Waals surface area contributed by atoms with Crippen LogP contribution >= 0.6 is 22.9 Å². The number of hydrogen-bond acceptors (Lipinski definition) is 3. The maximum absolute atomic E-state index is 5.88. The molecule has 0 aliphatic carbocycles. The molecule has 2 aromatic carbocycles. The van der Waals surface area contributed by atoms with Crippen molar-refractivity contribution in [3.8, 4) is 10.4 Å². The molecule has 0 amide bonds. The Balaban J connectivity index is 1.48. The zero-order chi connectivity index (χ0) is 15.2. The first-order valence-electron chi connectivity index (χ1n) is 7.26. The summed E-state index contributed by atoms with van der Waals surface area (Å²) in [6, 6.07) is 18.4. The van der Waals surface area contributed by atoms with Crippen LogP contribution in [0.25, 0.3) is 10.4 Å². The third kappa shape index (κ3) is 4.17. The van der Waals surface area contributed by atoms with Gasteiger partial charge < -0.3 is 5.32 Å². The third-order valence-electron chi connectivity index (χ3n) is 3.39. The lowest BCUT2D eigenvalue weighted by Crippen LogP contribution is -2.16. The molecule has 0 radical (unpaired) electrons. The fraction of sp³-hybridized carbons (Fsp3) is 0.167. The number of thiazole rings is 1. The molecule has 0 saturated carbocycles. The number of benzene rings is 2. The average molecular weight is 329 g/mol. The Morgan fingerprint density at radius 2 is 1.77 bits per heavy atom. The van der Waals surface area contributed by atoms with E-state index in [0.717, 1.165) is 29.5 Å². The number of hydrogen-bond donors (Lipinski definition) is 1. The van der Waals surface area contributed by atoms with Gasteiger partial charge in [0.15, 0.2) is 0 Å². The zero-order valence-electron chi connectivity index (χ0n) is 12.1. The van der Waals surface area contributed by atoms with Crippen molar-refractivity contribution in [3.05, 3.63) is 76.4 Å². The van der Waals surface area contributed by atoms with Gasteiger partial charge in [0.05, 0.1) is 4.88 Å². The molecule has 0 atom stereocenters.